The highest BCUT2D eigenvalue weighted by Gasteiger charge is 2.37. The molecule has 2 aliphatic heterocycles. The predicted molar refractivity (Wildman–Crippen MR) is 84.2 cm³/mol. The lowest BCUT2D eigenvalue weighted by Gasteiger charge is -2.45. The summed E-state index contributed by atoms with van der Waals surface area (Å²) >= 11 is 0. The Kier molecular flexibility index (Phi) is 5.74. The Morgan fingerprint density at radius 3 is 2.25 bits per heavy atom. The van der Waals surface area contributed by atoms with Crippen LogP contribution >= 0.6 is 12.4 Å². The molecule has 1 atom stereocenters. The maximum absolute atomic E-state index is 12.5. The molecule has 2 saturated heterocycles. The standard InChI is InChI=1S/C16H28N2O.ClH/c19-15(14-6-2-5-11-17-14)18-12-9-16(10-13-18)7-3-1-4-8-16;/h14,17H,1-13H2;1H. The molecule has 1 aliphatic carbocycles. The summed E-state index contributed by atoms with van der Waals surface area (Å²) in [4.78, 5) is 14.6. The first-order chi connectivity index (χ1) is 9.29. The van der Waals surface area contributed by atoms with E-state index in [4.69, 9.17) is 0 Å². The van der Waals surface area contributed by atoms with Gasteiger partial charge in [0.1, 0.15) is 0 Å². The fraction of sp³-hybridized carbons (Fsp3) is 0.938. The molecule has 116 valence electrons. The van der Waals surface area contributed by atoms with Crippen LogP contribution in [0.2, 0.25) is 0 Å². The largest absolute Gasteiger partial charge is 0.341 e. The third kappa shape index (κ3) is 3.48. The molecule has 0 radical (unpaired) electrons. The molecule has 4 heteroatoms. The van der Waals surface area contributed by atoms with Crippen molar-refractivity contribution in [1.29, 1.82) is 0 Å². The zero-order chi connectivity index (χ0) is 13.1. The van der Waals surface area contributed by atoms with Crippen LogP contribution < -0.4 is 5.32 Å². The molecule has 1 saturated carbocycles. The average Bonchev–Trinajstić information content (AvgIpc) is 2.49. The van der Waals surface area contributed by atoms with Crippen molar-refractivity contribution in [3.63, 3.8) is 0 Å². The molecule has 1 N–H and O–H groups in total. The van der Waals surface area contributed by atoms with E-state index in [0.29, 0.717) is 11.3 Å². The monoisotopic (exact) mass is 300 g/mol. The first-order valence-corrected chi connectivity index (χ1v) is 8.31. The molecule has 20 heavy (non-hydrogen) atoms. The molecule has 3 nitrogen and oxygen atoms in total. The number of rotatable bonds is 1. The molecular weight excluding hydrogens is 272 g/mol. The van der Waals surface area contributed by atoms with Crippen LogP contribution in [0.5, 0.6) is 0 Å². The van der Waals surface area contributed by atoms with Crippen LogP contribution in [0.15, 0.2) is 0 Å². The van der Waals surface area contributed by atoms with Gasteiger partial charge in [0.2, 0.25) is 5.91 Å². The van der Waals surface area contributed by atoms with E-state index in [2.05, 4.69) is 10.2 Å². The molecule has 0 aromatic heterocycles. The van der Waals surface area contributed by atoms with Crippen LogP contribution in [0.3, 0.4) is 0 Å². The Labute approximate surface area is 129 Å². The lowest BCUT2D eigenvalue weighted by molar-refractivity contribution is -0.136. The molecular formula is C16H29ClN2O. The molecule has 0 aromatic rings. The maximum atomic E-state index is 12.5. The molecule has 1 amide bonds. The van der Waals surface area contributed by atoms with E-state index < -0.39 is 0 Å². The zero-order valence-corrected chi connectivity index (χ0v) is 13.3. The number of carbonyl (C=O) groups excluding carboxylic acids is 1. The van der Waals surface area contributed by atoms with Gasteiger partial charge in [-0.3, -0.25) is 4.79 Å². The molecule has 0 bridgehead atoms. The Balaban J connectivity index is 0.00000147. The van der Waals surface area contributed by atoms with E-state index in [1.54, 1.807) is 0 Å². The van der Waals surface area contributed by atoms with Gasteiger partial charge in [-0.2, -0.15) is 0 Å². The fourth-order valence-corrected chi connectivity index (χ4v) is 4.29. The Morgan fingerprint density at radius 2 is 1.65 bits per heavy atom. The number of nitrogens with one attached hydrogen (secondary N) is 1. The summed E-state index contributed by atoms with van der Waals surface area (Å²) in [6.07, 6.45) is 13.1. The van der Waals surface area contributed by atoms with Crippen molar-refractivity contribution >= 4 is 18.3 Å². The summed E-state index contributed by atoms with van der Waals surface area (Å²) in [6.45, 7) is 3.04. The number of piperidine rings is 2. The van der Waals surface area contributed by atoms with Crippen molar-refractivity contribution in [2.75, 3.05) is 19.6 Å². The third-order valence-corrected chi connectivity index (χ3v) is 5.66. The van der Waals surface area contributed by atoms with Crippen molar-refractivity contribution in [3.05, 3.63) is 0 Å². The number of amides is 1. The number of halogens is 1. The highest BCUT2D eigenvalue weighted by molar-refractivity contribution is 5.85. The van der Waals surface area contributed by atoms with Crippen LogP contribution in [0, 0.1) is 5.41 Å². The third-order valence-electron chi connectivity index (χ3n) is 5.66. The summed E-state index contributed by atoms with van der Waals surface area (Å²) in [5.41, 5.74) is 0.606. The molecule has 3 aliphatic rings. The van der Waals surface area contributed by atoms with Crippen molar-refractivity contribution in [3.8, 4) is 0 Å². The summed E-state index contributed by atoms with van der Waals surface area (Å²) in [6, 6.07) is 0.120. The van der Waals surface area contributed by atoms with Crippen molar-refractivity contribution < 1.29 is 4.79 Å². The predicted octanol–water partition coefficient (Wildman–Crippen LogP) is 3.12. The smallest absolute Gasteiger partial charge is 0.239 e. The second kappa shape index (κ2) is 7.13. The normalized spacial score (nSPS) is 29.8. The minimum atomic E-state index is 0. The fourth-order valence-electron chi connectivity index (χ4n) is 4.29. The Hall–Kier alpha value is -0.280. The SMILES string of the molecule is Cl.O=C(C1CCCCN1)N1CCC2(CCCCC2)CC1. The minimum Gasteiger partial charge on any atom is -0.341 e. The van der Waals surface area contributed by atoms with Gasteiger partial charge in [-0.1, -0.05) is 25.7 Å². The molecule has 0 aromatic carbocycles. The van der Waals surface area contributed by atoms with Gasteiger partial charge in [0.15, 0.2) is 0 Å². The number of carbonyl (C=O) groups is 1. The van der Waals surface area contributed by atoms with Crippen molar-refractivity contribution in [2.24, 2.45) is 5.41 Å². The van der Waals surface area contributed by atoms with Gasteiger partial charge in [0, 0.05) is 13.1 Å². The first kappa shape index (κ1) is 16.1. The van der Waals surface area contributed by atoms with E-state index in [0.717, 1.165) is 26.1 Å². The van der Waals surface area contributed by atoms with Crippen molar-refractivity contribution in [1.82, 2.24) is 10.2 Å². The van der Waals surface area contributed by atoms with E-state index in [1.807, 2.05) is 0 Å². The van der Waals surface area contributed by atoms with E-state index >= 15 is 0 Å². The van der Waals surface area contributed by atoms with Crippen LogP contribution in [0.25, 0.3) is 0 Å². The van der Waals surface area contributed by atoms with Crippen LogP contribution in [-0.2, 0) is 4.79 Å². The van der Waals surface area contributed by atoms with Gasteiger partial charge < -0.3 is 10.2 Å². The maximum Gasteiger partial charge on any atom is 0.239 e. The highest BCUT2D eigenvalue weighted by Crippen LogP contribution is 2.44. The summed E-state index contributed by atoms with van der Waals surface area (Å²) in [5, 5.41) is 3.40. The number of hydrogen-bond acceptors (Lipinski definition) is 2. The number of nitrogens with zero attached hydrogens (tertiary/aromatic N) is 1. The van der Waals surface area contributed by atoms with Gasteiger partial charge in [0.05, 0.1) is 6.04 Å². The quantitative estimate of drug-likeness (QED) is 0.807. The van der Waals surface area contributed by atoms with E-state index in [9.17, 15) is 4.79 Å². The van der Waals surface area contributed by atoms with Gasteiger partial charge in [-0.05, 0) is 50.5 Å². The van der Waals surface area contributed by atoms with Crippen LogP contribution in [0.1, 0.15) is 64.2 Å². The topological polar surface area (TPSA) is 32.3 Å². The molecule has 1 spiro atoms. The Bertz CT molecular complexity index is 312. The van der Waals surface area contributed by atoms with Crippen molar-refractivity contribution in [2.45, 2.75) is 70.3 Å². The summed E-state index contributed by atoms with van der Waals surface area (Å²) < 4.78 is 0. The molecule has 3 rings (SSSR count). The van der Waals surface area contributed by atoms with Gasteiger partial charge in [-0.25, -0.2) is 0 Å². The minimum absolute atomic E-state index is 0. The van der Waals surface area contributed by atoms with Crippen LogP contribution in [0.4, 0.5) is 0 Å². The lowest BCUT2D eigenvalue weighted by atomic mass is 9.68. The van der Waals surface area contributed by atoms with Gasteiger partial charge in [0.25, 0.3) is 0 Å². The molecule has 2 heterocycles. The first-order valence-electron chi connectivity index (χ1n) is 8.31. The Morgan fingerprint density at radius 1 is 0.950 bits per heavy atom. The zero-order valence-electron chi connectivity index (χ0n) is 12.5. The number of likely N-dealkylation sites (tertiary alicyclic amines) is 1. The van der Waals surface area contributed by atoms with E-state index in [-0.39, 0.29) is 18.4 Å². The van der Waals surface area contributed by atoms with E-state index in [1.165, 1.54) is 57.8 Å². The van der Waals surface area contributed by atoms with Gasteiger partial charge >= 0.3 is 0 Å². The molecule has 3 fully saturated rings. The molecule has 1 unspecified atom stereocenters. The van der Waals surface area contributed by atoms with Crippen LogP contribution in [-0.4, -0.2) is 36.5 Å². The summed E-state index contributed by atoms with van der Waals surface area (Å²) in [5.74, 6) is 0.380. The van der Waals surface area contributed by atoms with Gasteiger partial charge in [-0.15, -0.1) is 12.4 Å². The number of hydrogen-bond donors (Lipinski definition) is 1. The second-order valence-electron chi connectivity index (χ2n) is 6.89. The lowest BCUT2D eigenvalue weighted by Crippen LogP contribution is -2.52. The second-order valence-corrected chi connectivity index (χ2v) is 6.89. The summed E-state index contributed by atoms with van der Waals surface area (Å²) in [7, 11) is 0. The average molecular weight is 301 g/mol. The highest BCUT2D eigenvalue weighted by atomic mass is 35.5.